The Balaban J connectivity index is 1.42. The first kappa shape index (κ1) is 16.3. The number of hydrogen-bond acceptors (Lipinski definition) is 4. The van der Waals surface area contributed by atoms with Crippen molar-refractivity contribution in [3.05, 3.63) is 71.8 Å². The molecule has 0 aliphatic heterocycles. The Morgan fingerprint density at radius 3 is 2.73 bits per heavy atom. The van der Waals surface area contributed by atoms with E-state index in [-0.39, 0.29) is 5.91 Å². The number of ether oxygens (including phenoxy) is 1. The van der Waals surface area contributed by atoms with E-state index in [0.717, 1.165) is 11.6 Å². The van der Waals surface area contributed by atoms with Crippen molar-refractivity contribution in [2.45, 2.75) is 32.4 Å². The van der Waals surface area contributed by atoms with Gasteiger partial charge < -0.3 is 14.6 Å². The number of carbonyl (C=O) groups excluding carboxylic acids is 1. The van der Waals surface area contributed by atoms with Crippen molar-refractivity contribution in [1.29, 1.82) is 0 Å². The fraction of sp³-hybridized carbons (Fsp3) is 0.250. The number of hydrogen-bond donors (Lipinski definition) is 1. The van der Waals surface area contributed by atoms with E-state index in [1.54, 1.807) is 12.1 Å². The molecule has 0 unspecified atom stereocenters. The van der Waals surface area contributed by atoms with Crippen molar-refractivity contribution in [2.75, 3.05) is 5.32 Å². The third kappa shape index (κ3) is 3.59. The average molecular weight is 348 g/mol. The van der Waals surface area contributed by atoms with E-state index in [4.69, 9.17) is 4.74 Å². The minimum Gasteiger partial charge on any atom is -0.486 e. The van der Waals surface area contributed by atoms with Crippen LogP contribution in [0.25, 0.3) is 0 Å². The number of rotatable bonds is 6. The topological polar surface area (TPSA) is 69.0 Å². The molecule has 3 aromatic rings. The lowest BCUT2D eigenvalue weighted by molar-refractivity contribution is 0.102. The second-order valence-corrected chi connectivity index (χ2v) is 6.40. The lowest BCUT2D eigenvalue weighted by Crippen LogP contribution is -2.11. The smallest absolute Gasteiger partial charge is 0.255 e. The minimum atomic E-state index is -0.146. The van der Waals surface area contributed by atoms with E-state index in [1.165, 1.54) is 12.8 Å². The van der Waals surface area contributed by atoms with Gasteiger partial charge in [-0.05, 0) is 44.0 Å². The number of nitrogens with one attached hydrogen (secondary N) is 1. The Labute approximate surface area is 151 Å². The van der Waals surface area contributed by atoms with Crippen LogP contribution in [0.5, 0.6) is 5.75 Å². The first-order chi connectivity index (χ1) is 12.7. The van der Waals surface area contributed by atoms with Gasteiger partial charge in [-0.2, -0.15) is 0 Å². The summed E-state index contributed by atoms with van der Waals surface area (Å²) < 4.78 is 8.03. The molecule has 0 atom stereocenters. The summed E-state index contributed by atoms with van der Waals surface area (Å²) in [6, 6.07) is 17.0. The van der Waals surface area contributed by atoms with Crippen molar-refractivity contribution >= 4 is 11.6 Å². The van der Waals surface area contributed by atoms with Crippen LogP contribution in [0, 0.1) is 6.92 Å². The number of anilines is 1. The fourth-order valence-electron chi connectivity index (χ4n) is 2.92. The fourth-order valence-corrected chi connectivity index (χ4v) is 2.92. The zero-order valence-corrected chi connectivity index (χ0v) is 14.6. The summed E-state index contributed by atoms with van der Waals surface area (Å²) in [5.41, 5.74) is 1.31. The molecule has 2 aromatic carbocycles. The maximum absolute atomic E-state index is 12.3. The van der Waals surface area contributed by atoms with Gasteiger partial charge in [0.25, 0.3) is 5.91 Å². The van der Waals surface area contributed by atoms with Gasteiger partial charge in [-0.1, -0.05) is 24.3 Å². The molecule has 132 valence electrons. The summed E-state index contributed by atoms with van der Waals surface area (Å²) >= 11 is 0. The maximum Gasteiger partial charge on any atom is 0.255 e. The number of aryl methyl sites for hydroxylation is 1. The Kier molecular flexibility index (Phi) is 4.39. The van der Waals surface area contributed by atoms with Crippen LogP contribution in [0.4, 0.5) is 5.69 Å². The van der Waals surface area contributed by atoms with Gasteiger partial charge in [-0.3, -0.25) is 4.79 Å². The molecule has 1 N–H and O–H groups in total. The quantitative estimate of drug-likeness (QED) is 0.736. The molecule has 1 amide bonds. The minimum absolute atomic E-state index is 0.146. The highest BCUT2D eigenvalue weighted by atomic mass is 16.5. The number of carbonyl (C=O) groups is 1. The third-order valence-electron chi connectivity index (χ3n) is 4.34. The van der Waals surface area contributed by atoms with Crippen LogP contribution in [-0.2, 0) is 6.61 Å². The monoisotopic (exact) mass is 348 g/mol. The van der Waals surface area contributed by atoms with Crippen LogP contribution in [0.1, 0.15) is 40.9 Å². The van der Waals surface area contributed by atoms with Crippen molar-refractivity contribution in [2.24, 2.45) is 0 Å². The molecule has 1 fully saturated rings. The van der Waals surface area contributed by atoms with Gasteiger partial charge in [0.05, 0.1) is 0 Å². The van der Waals surface area contributed by atoms with Crippen molar-refractivity contribution in [3.8, 4) is 5.75 Å². The van der Waals surface area contributed by atoms with Crippen LogP contribution in [0.3, 0.4) is 0 Å². The molecule has 6 heteroatoms. The van der Waals surface area contributed by atoms with E-state index in [9.17, 15) is 4.79 Å². The van der Waals surface area contributed by atoms with Crippen LogP contribution in [-0.4, -0.2) is 20.7 Å². The molecule has 26 heavy (non-hydrogen) atoms. The van der Waals surface area contributed by atoms with Gasteiger partial charge in [-0.15, -0.1) is 10.2 Å². The SMILES string of the molecule is Cc1nnc(COc2cccc(NC(=O)c3ccccc3)c2)n1C1CC1. The summed E-state index contributed by atoms with van der Waals surface area (Å²) in [5, 5.41) is 11.3. The zero-order valence-electron chi connectivity index (χ0n) is 14.6. The summed E-state index contributed by atoms with van der Waals surface area (Å²) in [6.07, 6.45) is 2.35. The standard InChI is InChI=1S/C20H20N4O2/c1-14-22-23-19(24(14)17-10-11-17)13-26-18-9-5-8-16(12-18)21-20(25)15-6-3-2-4-7-15/h2-9,12,17H,10-11,13H2,1H3,(H,21,25). The van der Waals surface area contributed by atoms with Gasteiger partial charge in [0.2, 0.25) is 0 Å². The van der Waals surface area contributed by atoms with E-state index in [2.05, 4.69) is 20.1 Å². The normalized spacial score (nSPS) is 13.4. The summed E-state index contributed by atoms with van der Waals surface area (Å²) in [4.78, 5) is 12.3. The molecule has 0 radical (unpaired) electrons. The molecular weight excluding hydrogens is 328 g/mol. The second-order valence-electron chi connectivity index (χ2n) is 6.40. The Hall–Kier alpha value is -3.15. The van der Waals surface area contributed by atoms with Crippen molar-refractivity contribution in [1.82, 2.24) is 14.8 Å². The van der Waals surface area contributed by atoms with Gasteiger partial charge in [0.15, 0.2) is 5.82 Å². The van der Waals surface area contributed by atoms with Gasteiger partial charge in [0, 0.05) is 23.4 Å². The van der Waals surface area contributed by atoms with E-state index >= 15 is 0 Å². The summed E-state index contributed by atoms with van der Waals surface area (Å²) in [5.74, 6) is 2.30. The van der Waals surface area contributed by atoms with Gasteiger partial charge in [-0.25, -0.2) is 0 Å². The molecule has 0 saturated heterocycles. The highest BCUT2D eigenvalue weighted by Crippen LogP contribution is 2.36. The molecule has 1 aromatic heterocycles. The number of benzene rings is 2. The van der Waals surface area contributed by atoms with Crippen LogP contribution < -0.4 is 10.1 Å². The van der Waals surface area contributed by atoms with Crippen LogP contribution >= 0.6 is 0 Å². The molecule has 1 heterocycles. The van der Waals surface area contributed by atoms with Crippen LogP contribution in [0.15, 0.2) is 54.6 Å². The molecule has 6 nitrogen and oxygen atoms in total. The molecule has 4 rings (SSSR count). The van der Waals surface area contributed by atoms with Crippen molar-refractivity contribution < 1.29 is 9.53 Å². The zero-order chi connectivity index (χ0) is 17.9. The predicted octanol–water partition coefficient (Wildman–Crippen LogP) is 3.75. The Morgan fingerprint density at radius 1 is 1.15 bits per heavy atom. The number of amides is 1. The van der Waals surface area contributed by atoms with E-state index < -0.39 is 0 Å². The van der Waals surface area contributed by atoms with Crippen LogP contribution in [0.2, 0.25) is 0 Å². The summed E-state index contributed by atoms with van der Waals surface area (Å²) in [6.45, 7) is 2.32. The lowest BCUT2D eigenvalue weighted by atomic mass is 10.2. The van der Waals surface area contributed by atoms with Gasteiger partial charge in [0.1, 0.15) is 18.2 Å². The van der Waals surface area contributed by atoms with Gasteiger partial charge >= 0.3 is 0 Å². The Bertz CT molecular complexity index is 917. The highest BCUT2D eigenvalue weighted by Gasteiger charge is 2.28. The molecule has 1 aliphatic rings. The lowest BCUT2D eigenvalue weighted by Gasteiger charge is -2.10. The summed E-state index contributed by atoms with van der Waals surface area (Å²) in [7, 11) is 0. The predicted molar refractivity (Wildman–Crippen MR) is 98.2 cm³/mol. The molecule has 1 saturated carbocycles. The molecule has 0 bridgehead atoms. The van der Waals surface area contributed by atoms with Crippen molar-refractivity contribution in [3.63, 3.8) is 0 Å². The largest absolute Gasteiger partial charge is 0.486 e. The average Bonchev–Trinajstić information content (AvgIpc) is 3.43. The Morgan fingerprint density at radius 2 is 1.96 bits per heavy atom. The second kappa shape index (κ2) is 7.00. The van der Waals surface area contributed by atoms with E-state index in [0.29, 0.717) is 29.6 Å². The number of aromatic nitrogens is 3. The molecule has 0 spiro atoms. The first-order valence-corrected chi connectivity index (χ1v) is 8.70. The van der Waals surface area contributed by atoms with E-state index in [1.807, 2.05) is 49.4 Å². The third-order valence-corrected chi connectivity index (χ3v) is 4.34. The maximum atomic E-state index is 12.3. The molecule has 1 aliphatic carbocycles. The number of nitrogens with zero attached hydrogens (tertiary/aromatic N) is 3. The first-order valence-electron chi connectivity index (χ1n) is 8.70. The highest BCUT2D eigenvalue weighted by molar-refractivity contribution is 6.04. The molecular formula is C20H20N4O2.